The van der Waals surface area contributed by atoms with E-state index in [2.05, 4.69) is 15.6 Å². The molecule has 26 heavy (non-hydrogen) atoms. The normalized spacial score (nSPS) is 16.0. The topological polar surface area (TPSA) is 83.0 Å². The van der Waals surface area contributed by atoms with E-state index in [1.54, 1.807) is 26.1 Å². The summed E-state index contributed by atoms with van der Waals surface area (Å²) >= 11 is 0. The van der Waals surface area contributed by atoms with E-state index in [0.717, 1.165) is 5.56 Å². The molecule has 0 radical (unpaired) electrons. The summed E-state index contributed by atoms with van der Waals surface area (Å²) in [4.78, 5) is 4.07. The Bertz CT molecular complexity index is 709. The van der Waals surface area contributed by atoms with Crippen LogP contribution in [0.5, 0.6) is 0 Å². The number of rotatable bonds is 6. The number of hydrogen-bond acceptors (Lipinski definition) is 4. The van der Waals surface area contributed by atoms with Crippen molar-refractivity contribution < 1.29 is 17.5 Å². The number of morpholine rings is 1. The molecule has 1 heterocycles. The Morgan fingerprint density at radius 1 is 1.31 bits per heavy atom. The average Bonchev–Trinajstić information content (AvgIpc) is 2.61. The second kappa shape index (κ2) is 11.0. The smallest absolute Gasteiger partial charge is 0.215 e. The van der Waals surface area contributed by atoms with Gasteiger partial charge in [0.1, 0.15) is 5.82 Å². The van der Waals surface area contributed by atoms with Crippen LogP contribution in [0.3, 0.4) is 0 Å². The quantitative estimate of drug-likeness (QED) is 0.347. The molecule has 1 aromatic carbocycles. The van der Waals surface area contributed by atoms with E-state index in [1.165, 1.54) is 10.4 Å². The predicted octanol–water partition coefficient (Wildman–Crippen LogP) is 1.08. The fourth-order valence-electron chi connectivity index (χ4n) is 2.48. The van der Waals surface area contributed by atoms with Crippen molar-refractivity contribution in [3.05, 3.63) is 35.1 Å². The maximum atomic E-state index is 13.3. The fourth-order valence-corrected chi connectivity index (χ4v) is 3.80. The molecular formula is C16H26FIN4O3S. The van der Waals surface area contributed by atoms with Gasteiger partial charge in [0.05, 0.1) is 19.0 Å². The summed E-state index contributed by atoms with van der Waals surface area (Å²) in [6, 6.07) is 4.89. The van der Waals surface area contributed by atoms with Crippen molar-refractivity contribution >= 4 is 40.0 Å². The number of ether oxygens (including phenoxy) is 1. The van der Waals surface area contributed by atoms with Gasteiger partial charge in [-0.05, 0) is 24.1 Å². The van der Waals surface area contributed by atoms with Crippen molar-refractivity contribution in [2.75, 3.05) is 45.6 Å². The lowest BCUT2D eigenvalue weighted by Gasteiger charge is -2.26. The lowest BCUT2D eigenvalue weighted by atomic mass is 10.1. The maximum Gasteiger partial charge on any atom is 0.215 e. The highest BCUT2D eigenvalue weighted by atomic mass is 127. The Labute approximate surface area is 171 Å². The van der Waals surface area contributed by atoms with Crippen LogP contribution in [0, 0.1) is 12.7 Å². The monoisotopic (exact) mass is 500 g/mol. The van der Waals surface area contributed by atoms with Gasteiger partial charge in [-0.25, -0.2) is 12.8 Å². The molecule has 0 spiro atoms. The summed E-state index contributed by atoms with van der Waals surface area (Å²) in [5.74, 6) is 0.252. The molecule has 1 saturated heterocycles. The first kappa shape index (κ1) is 23.1. The van der Waals surface area contributed by atoms with Crippen LogP contribution < -0.4 is 10.6 Å². The summed E-state index contributed by atoms with van der Waals surface area (Å²) in [7, 11) is -1.69. The largest absolute Gasteiger partial charge is 0.379 e. The second-order valence-corrected chi connectivity index (χ2v) is 7.85. The Balaban J connectivity index is 0.00000338. The summed E-state index contributed by atoms with van der Waals surface area (Å²) in [6.45, 7) is 4.11. The summed E-state index contributed by atoms with van der Waals surface area (Å²) in [5, 5.41) is 6.07. The van der Waals surface area contributed by atoms with Gasteiger partial charge in [-0.15, -0.1) is 24.0 Å². The van der Waals surface area contributed by atoms with Gasteiger partial charge in [0, 0.05) is 33.2 Å². The molecule has 148 valence electrons. The lowest BCUT2D eigenvalue weighted by Crippen LogP contribution is -2.45. The van der Waals surface area contributed by atoms with Gasteiger partial charge < -0.3 is 15.4 Å². The lowest BCUT2D eigenvalue weighted by molar-refractivity contribution is 0.0730. The van der Waals surface area contributed by atoms with Crippen LogP contribution in [-0.2, 0) is 21.3 Å². The highest BCUT2D eigenvalue weighted by molar-refractivity contribution is 14.0. The maximum absolute atomic E-state index is 13.3. The van der Waals surface area contributed by atoms with Crippen LogP contribution in [0.4, 0.5) is 4.39 Å². The number of nitrogens with one attached hydrogen (secondary N) is 2. The van der Waals surface area contributed by atoms with E-state index in [4.69, 9.17) is 4.74 Å². The highest BCUT2D eigenvalue weighted by Crippen LogP contribution is 2.09. The molecule has 0 amide bonds. The minimum absolute atomic E-state index is 0. The number of guanidine groups is 1. The van der Waals surface area contributed by atoms with Crippen molar-refractivity contribution in [1.29, 1.82) is 0 Å². The van der Waals surface area contributed by atoms with Crippen LogP contribution in [0.1, 0.15) is 11.1 Å². The molecule has 0 atom stereocenters. The van der Waals surface area contributed by atoms with Gasteiger partial charge >= 0.3 is 0 Å². The third-order valence-corrected chi connectivity index (χ3v) is 5.79. The van der Waals surface area contributed by atoms with Crippen LogP contribution >= 0.6 is 24.0 Å². The van der Waals surface area contributed by atoms with E-state index in [9.17, 15) is 12.8 Å². The van der Waals surface area contributed by atoms with Crippen LogP contribution in [0.15, 0.2) is 23.2 Å². The van der Waals surface area contributed by atoms with Crippen molar-refractivity contribution in [3.8, 4) is 0 Å². The van der Waals surface area contributed by atoms with Gasteiger partial charge in [-0.3, -0.25) is 4.99 Å². The summed E-state index contributed by atoms with van der Waals surface area (Å²) in [5.41, 5.74) is 1.50. The van der Waals surface area contributed by atoms with Crippen molar-refractivity contribution in [3.63, 3.8) is 0 Å². The Morgan fingerprint density at radius 3 is 2.62 bits per heavy atom. The minimum Gasteiger partial charge on any atom is -0.379 e. The van der Waals surface area contributed by atoms with Gasteiger partial charge in [-0.1, -0.05) is 12.1 Å². The Kier molecular flexibility index (Phi) is 9.75. The second-order valence-electron chi connectivity index (χ2n) is 5.76. The first-order valence-electron chi connectivity index (χ1n) is 8.17. The van der Waals surface area contributed by atoms with Gasteiger partial charge in [-0.2, -0.15) is 4.31 Å². The first-order valence-corrected chi connectivity index (χ1v) is 9.78. The standard InChI is InChI=1S/C16H25FN4O3S.HI/c1-13-11-14(3-4-15(13)17)12-20-16(18-2)19-5-10-25(22,23)21-6-8-24-9-7-21;/h3-4,11H,5-10,12H2,1-2H3,(H2,18,19,20);1H. The number of sulfonamides is 1. The molecule has 0 unspecified atom stereocenters. The number of aliphatic imine (C=N–C) groups is 1. The zero-order chi connectivity index (χ0) is 18.3. The van der Waals surface area contributed by atoms with E-state index in [-0.39, 0.29) is 42.1 Å². The van der Waals surface area contributed by atoms with Crippen molar-refractivity contribution in [2.45, 2.75) is 13.5 Å². The van der Waals surface area contributed by atoms with E-state index < -0.39 is 10.0 Å². The van der Waals surface area contributed by atoms with Gasteiger partial charge in [0.15, 0.2) is 5.96 Å². The molecule has 10 heteroatoms. The number of benzene rings is 1. The average molecular weight is 500 g/mol. The molecule has 7 nitrogen and oxygen atoms in total. The molecule has 1 aliphatic rings. The summed E-state index contributed by atoms with van der Waals surface area (Å²) in [6.07, 6.45) is 0. The third kappa shape index (κ3) is 6.97. The van der Waals surface area contributed by atoms with E-state index >= 15 is 0 Å². The molecule has 1 fully saturated rings. The first-order chi connectivity index (χ1) is 11.9. The molecule has 2 N–H and O–H groups in total. The Hall–Kier alpha value is -0.980. The Morgan fingerprint density at radius 2 is 2.00 bits per heavy atom. The minimum atomic E-state index is -3.30. The van der Waals surface area contributed by atoms with Crippen LogP contribution in [-0.4, -0.2) is 64.3 Å². The summed E-state index contributed by atoms with van der Waals surface area (Å²) < 4.78 is 44.4. The molecule has 0 bridgehead atoms. The van der Waals surface area contributed by atoms with Crippen LogP contribution in [0.25, 0.3) is 0 Å². The van der Waals surface area contributed by atoms with E-state index in [1.807, 2.05) is 0 Å². The SMILES string of the molecule is CN=C(NCCS(=O)(=O)N1CCOCC1)NCc1ccc(F)c(C)c1.I. The number of nitrogens with zero attached hydrogens (tertiary/aromatic N) is 2. The molecule has 2 rings (SSSR count). The number of aryl methyl sites for hydroxylation is 1. The predicted molar refractivity (Wildman–Crippen MR) is 111 cm³/mol. The van der Waals surface area contributed by atoms with Gasteiger partial charge in [0.2, 0.25) is 10.0 Å². The zero-order valence-corrected chi connectivity index (χ0v) is 18.1. The third-order valence-electron chi connectivity index (χ3n) is 3.92. The highest BCUT2D eigenvalue weighted by Gasteiger charge is 2.23. The van der Waals surface area contributed by atoms with Crippen molar-refractivity contribution in [2.24, 2.45) is 4.99 Å². The van der Waals surface area contributed by atoms with E-state index in [0.29, 0.717) is 44.4 Å². The fraction of sp³-hybridized carbons (Fsp3) is 0.562. The molecule has 0 saturated carbocycles. The molecule has 0 aromatic heterocycles. The van der Waals surface area contributed by atoms with Crippen LogP contribution in [0.2, 0.25) is 0 Å². The van der Waals surface area contributed by atoms with Gasteiger partial charge in [0.25, 0.3) is 0 Å². The van der Waals surface area contributed by atoms with Crippen molar-refractivity contribution in [1.82, 2.24) is 14.9 Å². The number of hydrogen-bond donors (Lipinski definition) is 2. The number of halogens is 2. The molecule has 1 aliphatic heterocycles. The zero-order valence-electron chi connectivity index (χ0n) is 15.0. The molecular weight excluding hydrogens is 474 g/mol. The molecule has 0 aliphatic carbocycles. The molecule has 1 aromatic rings.